The van der Waals surface area contributed by atoms with Crippen LogP contribution in [0, 0.1) is 0 Å². The van der Waals surface area contributed by atoms with Crippen molar-refractivity contribution in [2.24, 2.45) is 0 Å². The summed E-state index contributed by atoms with van der Waals surface area (Å²) in [7, 11) is -3.03. The first-order chi connectivity index (χ1) is 26.7. The lowest BCUT2D eigenvalue weighted by molar-refractivity contribution is -0.338. The van der Waals surface area contributed by atoms with E-state index in [1.807, 2.05) is 67.6 Å². The molecule has 2 saturated heterocycles. The van der Waals surface area contributed by atoms with Gasteiger partial charge in [-0.15, -0.1) is 11.8 Å². The minimum Gasteiger partial charge on any atom is -0.497 e. The molecule has 0 saturated carbocycles. The Kier molecular flexibility index (Phi) is 15.4. The van der Waals surface area contributed by atoms with Crippen LogP contribution in [0.25, 0.3) is 0 Å². The van der Waals surface area contributed by atoms with Crippen LogP contribution in [0.3, 0.4) is 0 Å². The van der Waals surface area contributed by atoms with E-state index in [0.29, 0.717) is 0 Å². The van der Waals surface area contributed by atoms with E-state index in [2.05, 4.69) is 98.9 Å². The van der Waals surface area contributed by atoms with Gasteiger partial charge in [-0.25, -0.2) is 0 Å². The third kappa shape index (κ3) is 11.6. The van der Waals surface area contributed by atoms with Crippen LogP contribution in [0.4, 0.5) is 0 Å². The van der Waals surface area contributed by atoms with Crippen LogP contribution in [-0.2, 0) is 45.8 Å². The van der Waals surface area contributed by atoms with E-state index < -0.39 is 53.6 Å². The molecule has 0 radical (unpaired) electrons. The van der Waals surface area contributed by atoms with E-state index in [4.69, 9.17) is 37.3 Å². The Hall–Kier alpha value is -2.08. The molecular formula is C45H68O9SSi2. The summed E-state index contributed by atoms with van der Waals surface area (Å²) in [5, 5.41) is 11.1. The standard InChI is InChI=1S/C45H68O9SSi2/c1-30-36(38(48-28-32-20-16-14-17-21-32)40(42(46)50-30)49-29-33-24-26-34(47-9)27-25-33)52-43-41(55-35-22-18-15-19-23-35)39(54-57(12,13)45(6,7)8)37(31(2)51-43)53-56(10,11)44(3,4)5/h14-27,30-31,36-43,46H,28-29H2,1-13H3/t30-,31-,36-,37-,38+,39+,40-,41-,42?,43+/m1/s1. The van der Waals surface area contributed by atoms with E-state index in [-0.39, 0.29) is 46.9 Å². The van der Waals surface area contributed by atoms with Crippen LogP contribution in [0.15, 0.2) is 89.8 Å². The van der Waals surface area contributed by atoms with Gasteiger partial charge in [0.2, 0.25) is 0 Å². The molecule has 0 aliphatic carbocycles. The van der Waals surface area contributed by atoms with E-state index in [9.17, 15) is 5.11 Å². The highest BCUT2D eigenvalue weighted by Gasteiger charge is 2.56. The van der Waals surface area contributed by atoms with Gasteiger partial charge in [0.15, 0.2) is 29.2 Å². The number of hydrogen-bond donors (Lipinski definition) is 1. The second-order valence-electron chi connectivity index (χ2n) is 18.5. The lowest BCUT2D eigenvalue weighted by Gasteiger charge is -2.53. The van der Waals surface area contributed by atoms with Crippen molar-refractivity contribution in [3.8, 4) is 5.75 Å². The highest BCUT2D eigenvalue weighted by atomic mass is 32.2. The van der Waals surface area contributed by atoms with Crippen LogP contribution < -0.4 is 4.74 Å². The zero-order valence-corrected chi connectivity index (χ0v) is 39.2. The molecule has 3 aromatic carbocycles. The zero-order chi connectivity index (χ0) is 41.8. The van der Waals surface area contributed by atoms with Gasteiger partial charge in [0, 0.05) is 4.90 Å². The third-order valence-electron chi connectivity index (χ3n) is 12.1. The van der Waals surface area contributed by atoms with Crippen LogP contribution in [0.2, 0.25) is 36.3 Å². The van der Waals surface area contributed by atoms with Crippen LogP contribution >= 0.6 is 11.8 Å². The Labute approximate surface area is 348 Å². The van der Waals surface area contributed by atoms with Gasteiger partial charge >= 0.3 is 0 Å². The van der Waals surface area contributed by atoms with Crippen LogP contribution in [-0.4, -0.2) is 89.4 Å². The fourth-order valence-electron chi connectivity index (χ4n) is 6.58. The van der Waals surface area contributed by atoms with Crippen molar-refractivity contribution in [2.45, 2.75) is 170 Å². The molecule has 12 heteroatoms. The number of hydrogen-bond acceptors (Lipinski definition) is 10. The molecule has 316 valence electrons. The van der Waals surface area contributed by atoms with Crippen molar-refractivity contribution < 1.29 is 42.4 Å². The Balaban J connectivity index is 1.54. The molecule has 2 aliphatic heterocycles. The first-order valence-corrected chi connectivity index (χ1v) is 27.0. The van der Waals surface area contributed by atoms with Crippen LogP contribution in [0.1, 0.15) is 66.5 Å². The molecule has 0 spiro atoms. The van der Waals surface area contributed by atoms with E-state index >= 15 is 0 Å². The highest BCUT2D eigenvalue weighted by Crippen LogP contribution is 2.47. The third-order valence-corrected chi connectivity index (χ3v) is 22.4. The van der Waals surface area contributed by atoms with Crippen molar-refractivity contribution in [1.29, 1.82) is 0 Å². The Bertz CT molecular complexity index is 1670. The smallest absolute Gasteiger partial charge is 0.192 e. The summed E-state index contributed by atoms with van der Waals surface area (Å²) in [6, 6.07) is 28.0. The molecule has 2 heterocycles. The largest absolute Gasteiger partial charge is 0.497 e. The predicted molar refractivity (Wildman–Crippen MR) is 233 cm³/mol. The molecule has 3 aromatic rings. The van der Waals surface area contributed by atoms with E-state index in [1.165, 1.54) is 0 Å². The number of methoxy groups -OCH3 is 1. The average molecular weight is 841 g/mol. The molecule has 9 nitrogen and oxygen atoms in total. The molecule has 0 amide bonds. The van der Waals surface area contributed by atoms with E-state index in [1.54, 1.807) is 18.9 Å². The first-order valence-electron chi connectivity index (χ1n) is 20.3. The molecule has 2 fully saturated rings. The van der Waals surface area contributed by atoms with Crippen molar-refractivity contribution in [1.82, 2.24) is 0 Å². The maximum absolute atomic E-state index is 11.5. The summed E-state index contributed by atoms with van der Waals surface area (Å²) in [4.78, 5) is 1.07. The van der Waals surface area contributed by atoms with Gasteiger partial charge in [-0.05, 0) is 85.5 Å². The number of benzene rings is 3. The van der Waals surface area contributed by atoms with E-state index in [0.717, 1.165) is 21.8 Å². The quantitative estimate of drug-likeness (QED) is 0.149. The Morgan fingerprint density at radius 3 is 1.65 bits per heavy atom. The molecule has 2 aliphatic rings. The Morgan fingerprint density at radius 1 is 0.614 bits per heavy atom. The van der Waals surface area contributed by atoms with Crippen molar-refractivity contribution in [3.05, 3.63) is 96.1 Å². The second-order valence-corrected chi connectivity index (χ2v) is 29.3. The van der Waals surface area contributed by atoms with Gasteiger partial charge in [0.1, 0.15) is 24.1 Å². The highest BCUT2D eigenvalue weighted by molar-refractivity contribution is 8.00. The summed E-state index contributed by atoms with van der Waals surface area (Å²) in [5.74, 6) is 0.753. The SMILES string of the molecule is COc1ccc(CO[C@H]2C(O)O[C@H](C)[C@@H](O[C@@H]3O[C@H](C)[C@@H](O[Si](C)(C)C(C)(C)C)[C@H](O[Si](C)(C)C(C)(C)C)[C@H]3Sc3ccccc3)[C@@H]2OCc2ccccc2)cc1. The second kappa shape index (κ2) is 19.1. The molecule has 1 unspecified atom stereocenters. The minimum absolute atomic E-state index is 0.0243. The van der Waals surface area contributed by atoms with Gasteiger partial charge < -0.3 is 42.4 Å². The first kappa shape index (κ1) is 46.0. The summed E-state index contributed by atoms with van der Waals surface area (Å²) < 4.78 is 53.9. The molecule has 0 bridgehead atoms. The lowest BCUT2D eigenvalue weighted by Crippen LogP contribution is -2.66. The summed E-state index contributed by atoms with van der Waals surface area (Å²) in [5.41, 5.74) is 1.91. The topological polar surface area (TPSA) is 94.1 Å². The number of aliphatic hydroxyl groups excluding tert-OH is 1. The summed E-state index contributed by atoms with van der Waals surface area (Å²) in [6.45, 7) is 27.3. The maximum Gasteiger partial charge on any atom is 0.192 e. The molecular weight excluding hydrogens is 773 g/mol. The average Bonchev–Trinajstić information content (AvgIpc) is 3.14. The molecule has 5 rings (SSSR count). The number of aliphatic hydroxyl groups is 1. The van der Waals surface area contributed by atoms with Gasteiger partial charge in [0.25, 0.3) is 0 Å². The molecule has 0 aromatic heterocycles. The minimum atomic E-state index is -2.37. The van der Waals surface area contributed by atoms with Gasteiger partial charge in [-0.1, -0.05) is 102 Å². The van der Waals surface area contributed by atoms with Crippen molar-refractivity contribution in [3.63, 3.8) is 0 Å². The lowest BCUT2D eigenvalue weighted by atomic mass is 9.97. The van der Waals surface area contributed by atoms with Crippen LogP contribution in [0.5, 0.6) is 5.75 Å². The normalized spacial score (nSPS) is 28.9. The van der Waals surface area contributed by atoms with Crippen molar-refractivity contribution in [2.75, 3.05) is 7.11 Å². The van der Waals surface area contributed by atoms with Crippen molar-refractivity contribution >= 4 is 28.4 Å². The predicted octanol–water partition coefficient (Wildman–Crippen LogP) is 9.97. The number of ether oxygens (including phenoxy) is 6. The molecule has 57 heavy (non-hydrogen) atoms. The number of thioether (sulfide) groups is 1. The molecule has 10 atom stereocenters. The maximum atomic E-state index is 11.5. The summed E-state index contributed by atoms with van der Waals surface area (Å²) in [6.07, 6.45) is -5.90. The van der Waals surface area contributed by atoms with Gasteiger partial charge in [-0.2, -0.15) is 0 Å². The van der Waals surface area contributed by atoms with Gasteiger partial charge in [0.05, 0.1) is 50.0 Å². The van der Waals surface area contributed by atoms with Gasteiger partial charge in [-0.3, -0.25) is 0 Å². The Morgan fingerprint density at radius 2 is 1.11 bits per heavy atom. The monoisotopic (exact) mass is 840 g/mol. The molecule has 1 N–H and O–H groups in total. The summed E-state index contributed by atoms with van der Waals surface area (Å²) >= 11 is 1.69. The number of rotatable bonds is 15. The zero-order valence-electron chi connectivity index (χ0n) is 36.4. The fraction of sp³-hybridized carbons (Fsp3) is 0.600. The fourth-order valence-corrected chi connectivity index (χ4v) is 10.6.